The standard InChI is InChI=1S/C20H25N3O3/c1-2-26-18-10-6-5-9-16(18)20(25)21-11-12-23-14-22-17(13-19(23)24)15-7-3-4-8-15/h5-6,9-10,13-15H,2-4,7-8,11-12H2,1H3,(H,21,25). The summed E-state index contributed by atoms with van der Waals surface area (Å²) < 4.78 is 7.01. The molecule has 1 aliphatic carbocycles. The quantitative estimate of drug-likeness (QED) is 0.829. The SMILES string of the molecule is CCOc1ccccc1C(=O)NCCn1cnc(C2CCCC2)cc1=O. The molecule has 2 aromatic rings. The minimum Gasteiger partial charge on any atom is -0.493 e. The summed E-state index contributed by atoms with van der Waals surface area (Å²) in [4.78, 5) is 29.1. The molecule has 1 heterocycles. The molecule has 0 spiro atoms. The molecule has 3 rings (SSSR count). The van der Waals surface area contributed by atoms with Crippen LogP contribution in [0.5, 0.6) is 5.75 Å². The lowest BCUT2D eigenvalue weighted by molar-refractivity contribution is 0.0948. The summed E-state index contributed by atoms with van der Waals surface area (Å²) in [6, 6.07) is 8.77. The summed E-state index contributed by atoms with van der Waals surface area (Å²) in [6.45, 7) is 3.12. The van der Waals surface area contributed by atoms with Crippen molar-refractivity contribution in [2.45, 2.75) is 45.1 Å². The highest BCUT2D eigenvalue weighted by atomic mass is 16.5. The first-order valence-electron chi connectivity index (χ1n) is 9.25. The largest absolute Gasteiger partial charge is 0.493 e. The molecule has 1 N–H and O–H groups in total. The Kier molecular flexibility index (Phi) is 6.04. The Bertz CT molecular complexity index is 810. The predicted molar refractivity (Wildman–Crippen MR) is 99.7 cm³/mol. The first-order chi connectivity index (χ1) is 12.7. The van der Waals surface area contributed by atoms with E-state index in [0.717, 1.165) is 18.5 Å². The van der Waals surface area contributed by atoms with Gasteiger partial charge in [0.1, 0.15) is 5.75 Å². The highest BCUT2D eigenvalue weighted by molar-refractivity contribution is 5.96. The number of benzene rings is 1. The van der Waals surface area contributed by atoms with Gasteiger partial charge in [-0.25, -0.2) is 4.98 Å². The van der Waals surface area contributed by atoms with Crippen molar-refractivity contribution in [1.29, 1.82) is 0 Å². The van der Waals surface area contributed by atoms with Gasteiger partial charge in [-0.2, -0.15) is 0 Å². The van der Waals surface area contributed by atoms with Crippen LogP contribution in [0, 0.1) is 0 Å². The molecule has 0 radical (unpaired) electrons. The first-order valence-corrected chi connectivity index (χ1v) is 9.25. The zero-order valence-corrected chi connectivity index (χ0v) is 15.1. The van der Waals surface area contributed by atoms with Crippen LogP contribution in [0.2, 0.25) is 0 Å². The van der Waals surface area contributed by atoms with Gasteiger partial charge in [0.2, 0.25) is 0 Å². The summed E-state index contributed by atoms with van der Waals surface area (Å²) in [5.74, 6) is 0.775. The summed E-state index contributed by atoms with van der Waals surface area (Å²) in [5.41, 5.74) is 1.33. The van der Waals surface area contributed by atoms with Crippen molar-refractivity contribution < 1.29 is 9.53 Å². The lowest BCUT2D eigenvalue weighted by Crippen LogP contribution is -2.31. The van der Waals surface area contributed by atoms with Gasteiger partial charge in [0.25, 0.3) is 11.5 Å². The maximum absolute atomic E-state index is 12.3. The van der Waals surface area contributed by atoms with Gasteiger partial charge < -0.3 is 10.1 Å². The van der Waals surface area contributed by atoms with Gasteiger partial charge in [-0.1, -0.05) is 25.0 Å². The lowest BCUT2D eigenvalue weighted by atomic mass is 10.0. The second kappa shape index (κ2) is 8.65. The van der Waals surface area contributed by atoms with Gasteiger partial charge in [0.15, 0.2) is 0 Å². The first kappa shape index (κ1) is 18.2. The highest BCUT2D eigenvalue weighted by Crippen LogP contribution is 2.32. The molecule has 1 aromatic heterocycles. The second-order valence-corrected chi connectivity index (χ2v) is 6.51. The summed E-state index contributed by atoms with van der Waals surface area (Å²) in [7, 11) is 0. The van der Waals surface area contributed by atoms with Crippen molar-refractivity contribution in [1.82, 2.24) is 14.9 Å². The van der Waals surface area contributed by atoms with Gasteiger partial charge in [-0.05, 0) is 31.9 Å². The second-order valence-electron chi connectivity index (χ2n) is 6.51. The van der Waals surface area contributed by atoms with Crippen molar-refractivity contribution in [3.8, 4) is 5.75 Å². The monoisotopic (exact) mass is 355 g/mol. The van der Waals surface area contributed by atoms with Crippen molar-refractivity contribution in [2.24, 2.45) is 0 Å². The summed E-state index contributed by atoms with van der Waals surface area (Å²) in [5, 5.41) is 2.84. The third-order valence-corrected chi connectivity index (χ3v) is 4.74. The molecule has 1 amide bonds. The van der Waals surface area contributed by atoms with Crippen molar-refractivity contribution in [3.05, 3.63) is 58.3 Å². The number of amides is 1. The molecule has 1 fully saturated rings. The Balaban J connectivity index is 1.58. The maximum Gasteiger partial charge on any atom is 0.255 e. The third-order valence-electron chi connectivity index (χ3n) is 4.74. The van der Waals surface area contributed by atoms with Crippen LogP contribution in [-0.2, 0) is 6.54 Å². The normalized spacial score (nSPS) is 14.3. The van der Waals surface area contributed by atoms with Gasteiger partial charge in [-0.15, -0.1) is 0 Å². The Morgan fingerprint density at radius 2 is 2.08 bits per heavy atom. The number of hydrogen-bond donors (Lipinski definition) is 1. The molecule has 138 valence electrons. The number of carbonyl (C=O) groups excluding carboxylic acids is 1. The molecule has 0 atom stereocenters. The van der Waals surface area contributed by atoms with Crippen LogP contribution < -0.4 is 15.6 Å². The predicted octanol–water partition coefficient (Wildman–Crippen LogP) is 2.73. The highest BCUT2D eigenvalue weighted by Gasteiger charge is 2.19. The fraction of sp³-hybridized carbons (Fsp3) is 0.450. The fourth-order valence-electron chi connectivity index (χ4n) is 3.37. The van der Waals surface area contributed by atoms with Crippen LogP contribution in [-0.4, -0.2) is 28.6 Å². The molecule has 0 saturated heterocycles. The number of rotatable bonds is 7. The average Bonchev–Trinajstić information content (AvgIpc) is 3.18. The van der Waals surface area contributed by atoms with E-state index >= 15 is 0 Å². The van der Waals surface area contributed by atoms with Crippen molar-refractivity contribution >= 4 is 5.91 Å². The molecule has 6 nitrogen and oxygen atoms in total. The minimum absolute atomic E-state index is 0.0640. The van der Waals surface area contributed by atoms with E-state index in [0.29, 0.717) is 36.9 Å². The van der Waals surface area contributed by atoms with Crippen molar-refractivity contribution in [3.63, 3.8) is 0 Å². The van der Waals surface area contributed by atoms with E-state index in [9.17, 15) is 9.59 Å². The number of nitrogens with zero attached hydrogens (tertiary/aromatic N) is 2. The van der Waals surface area contributed by atoms with Gasteiger partial charge in [0, 0.05) is 25.1 Å². The van der Waals surface area contributed by atoms with Crippen LogP contribution in [0.4, 0.5) is 0 Å². The molecule has 1 aromatic carbocycles. The molecule has 1 saturated carbocycles. The zero-order chi connectivity index (χ0) is 18.4. The van der Waals surface area contributed by atoms with E-state index in [2.05, 4.69) is 10.3 Å². The number of hydrogen-bond acceptors (Lipinski definition) is 4. The number of carbonyl (C=O) groups is 1. The number of nitrogens with one attached hydrogen (secondary N) is 1. The molecule has 6 heteroatoms. The summed E-state index contributed by atoms with van der Waals surface area (Å²) >= 11 is 0. The summed E-state index contributed by atoms with van der Waals surface area (Å²) in [6.07, 6.45) is 6.25. The van der Waals surface area contributed by atoms with E-state index in [4.69, 9.17) is 4.74 Å². The maximum atomic E-state index is 12.3. The van der Waals surface area contributed by atoms with Gasteiger partial charge in [0.05, 0.1) is 24.2 Å². The number of para-hydroxylation sites is 1. The van der Waals surface area contributed by atoms with Crippen LogP contribution in [0.3, 0.4) is 0 Å². The average molecular weight is 355 g/mol. The third kappa shape index (κ3) is 4.31. The van der Waals surface area contributed by atoms with Gasteiger partial charge >= 0.3 is 0 Å². The molecular weight excluding hydrogens is 330 g/mol. The molecule has 0 bridgehead atoms. The Morgan fingerprint density at radius 1 is 1.31 bits per heavy atom. The zero-order valence-electron chi connectivity index (χ0n) is 15.1. The fourth-order valence-corrected chi connectivity index (χ4v) is 3.37. The lowest BCUT2D eigenvalue weighted by Gasteiger charge is -2.12. The number of aromatic nitrogens is 2. The van der Waals surface area contributed by atoms with E-state index in [1.807, 2.05) is 13.0 Å². The van der Waals surface area contributed by atoms with E-state index in [-0.39, 0.29) is 11.5 Å². The molecule has 0 unspecified atom stereocenters. The van der Waals surface area contributed by atoms with E-state index < -0.39 is 0 Å². The molecule has 26 heavy (non-hydrogen) atoms. The Hall–Kier alpha value is -2.63. The molecular formula is C20H25N3O3. The topological polar surface area (TPSA) is 73.2 Å². The number of ether oxygens (including phenoxy) is 1. The minimum atomic E-state index is -0.211. The van der Waals surface area contributed by atoms with Crippen LogP contribution in [0.1, 0.15) is 54.6 Å². The Labute approximate surface area is 153 Å². The van der Waals surface area contributed by atoms with E-state index in [1.165, 1.54) is 17.4 Å². The van der Waals surface area contributed by atoms with Crippen LogP contribution >= 0.6 is 0 Å². The van der Waals surface area contributed by atoms with Crippen LogP contribution in [0.25, 0.3) is 0 Å². The van der Waals surface area contributed by atoms with Gasteiger partial charge in [-0.3, -0.25) is 14.2 Å². The Morgan fingerprint density at radius 3 is 2.81 bits per heavy atom. The van der Waals surface area contributed by atoms with E-state index in [1.54, 1.807) is 30.6 Å². The van der Waals surface area contributed by atoms with Crippen molar-refractivity contribution in [2.75, 3.05) is 13.2 Å². The molecule has 0 aliphatic heterocycles. The molecule has 1 aliphatic rings. The smallest absolute Gasteiger partial charge is 0.255 e. The van der Waals surface area contributed by atoms with Crippen LogP contribution in [0.15, 0.2) is 41.5 Å².